The summed E-state index contributed by atoms with van der Waals surface area (Å²) in [6, 6.07) is 1.29. The van der Waals surface area contributed by atoms with Gasteiger partial charge in [-0.3, -0.25) is 4.98 Å². The van der Waals surface area contributed by atoms with Crippen molar-refractivity contribution in [2.45, 2.75) is 0 Å². The number of aromatic nitrogens is 1. The zero-order valence-corrected chi connectivity index (χ0v) is 8.60. The van der Waals surface area contributed by atoms with Gasteiger partial charge in [-0.2, -0.15) is 0 Å². The van der Waals surface area contributed by atoms with Crippen LogP contribution < -0.4 is 5.73 Å². The van der Waals surface area contributed by atoms with Gasteiger partial charge >= 0.3 is 5.97 Å². The van der Waals surface area contributed by atoms with E-state index in [9.17, 15) is 9.18 Å². The number of nitrogens with two attached hydrogens (primary N) is 1. The van der Waals surface area contributed by atoms with Crippen molar-refractivity contribution in [3.05, 3.63) is 23.0 Å². The monoisotopic (exact) mass is 226 g/mol. The second kappa shape index (κ2) is 3.47. The normalized spacial score (nSPS) is 10.5. The topological polar surface area (TPSA) is 65.2 Å². The van der Waals surface area contributed by atoms with Gasteiger partial charge in [0.05, 0.1) is 23.7 Å². The minimum Gasteiger partial charge on any atom is -0.465 e. The number of nitrogen functional groups attached to an aromatic ring is 1. The SMILES string of the molecule is COC(=O)c1sc2cc(F)cnc2c1N. The maximum absolute atomic E-state index is 12.8. The van der Waals surface area contributed by atoms with Crippen molar-refractivity contribution < 1.29 is 13.9 Å². The van der Waals surface area contributed by atoms with E-state index in [1.165, 1.54) is 13.2 Å². The van der Waals surface area contributed by atoms with Crippen molar-refractivity contribution in [1.82, 2.24) is 4.98 Å². The lowest BCUT2D eigenvalue weighted by Crippen LogP contribution is -2.01. The van der Waals surface area contributed by atoms with Crippen LogP contribution in [-0.2, 0) is 4.74 Å². The molecule has 0 atom stereocenters. The van der Waals surface area contributed by atoms with Gasteiger partial charge < -0.3 is 10.5 Å². The molecule has 2 N–H and O–H groups in total. The predicted octanol–water partition coefficient (Wildman–Crippen LogP) is 1.80. The highest BCUT2D eigenvalue weighted by molar-refractivity contribution is 7.21. The molecule has 4 nitrogen and oxygen atoms in total. The van der Waals surface area contributed by atoms with E-state index in [2.05, 4.69) is 9.72 Å². The summed E-state index contributed by atoms with van der Waals surface area (Å²) in [4.78, 5) is 15.4. The van der Waals surface area contributed by atoms with E-state index in [4.69, 9.17) is 5.73 Å². The number of rotatable bonds is 1. The van der Waals surface area contributed by atoms with Gasteiger partial charge in [-0.15, -0.1) is 11.3 Å². The van der Waals surface area contributed by atoms with Crippen LogP contribution in [0.5, 0.6) is 0 Å². The largest absolute Gasteiger partial charge is 0.465 e. The molecule has 0 radical (unpaired) electrons. The minimum atomic E-state index is -0.532. The molecule has 2 heterocycles. The second-order valence-corrected chi connectivity index (χ2v) is 3.89. The molecule has 0 aliphatic carbocycles. The molecule has 6 heteroatoms. The number of carbonyl (C=O) groups is 1. The van der Waals surface area contributed by atoms with E-state index in [0.29, 0.717) is 10.2 Å². The number of hydrogen-bond donors (Lipinski definition) is 1. The minimum absolute atomic E-state index is 0.238. The number of fused-ring (bicyclic) bond motifs is 1. The van der Waals surface area contributed by atoms with Crippen molar-refractivity contribution in [2.75, 3.05) is 12.8 Å². The predicted molar refractivity (Wildman–Crippen MR) is 55.3 cm³/mol. The number of ether oxygens (including phenoxy) is 1. The Hall–Kier alpha value is -1.69. The van der Waals surface area contributed by atoms with Crippen LogP contribution in [0.3, 0.4) is 0 Å². The lowest BCUT2D eigenvalue weighted by Gasteiger charge is -1.95. The Labute approximate surface area is 88.5 Å². The molecule has 0 amide bonds. The van der Waals surface area contributed by atoms with Gasteiger partial charge in [0.15, 0.2) is 0 Å². The highest BCUT2D eigenvalue weighted by Gasteiger charge is 2.17. The fourth-order valence-corrected chi connectivity index (χ4v) is 2.24. The molecule has 2 aromatic heterocycles. The Morgan fingerprint density at radius 3 is 3.07 bits per heavy atom. The van der Waals surface area contributed by atoms with E-state index in [-0.39, 0.29) is 10.6 Å². The first-order chi connectivity index (χ1) is 7.13. The number of thiophene rings is 1. The van der Waals surface area contributed by atoms with E-state index in [1.54, 1.807) is 0 Å². The Morgan fingerprint density at radius 1 is 1.67 bits per heavy atom. The van der Waals surface area contributed by atoms with E-state index in [1.807, 2.05) is 0 Å². The number of pyridine rings is 1. The average Bonchev–Trinajstić information content (AvgIpc) is 2.54. The third-order valence-electron chi connectivity index (χ3n) is 1.90. The molecule has 78 valence electrons. The lowest BCUT2D eigenvalue weighted by atomic mass is 10.3. The fraction of sp³-hybridized carbons (Fsp3) is 0.111. The summed E-state index contributed by atoms with van der Waals surface area (Å²) < 4.78 is 17.9. The Morgan fingerprint density at radius 2 is 2.40 bits per heavy atom. The second-order valence-electron chi connectivity index (χ2n) is 2.84. The summed E-state index contributed by atoms with van der Waals surface area (Å²) in [5.41, 5.74) is 6.36. The molecule has 0 spiro atoms. The molecule has 2 aromatic rings. The van der Waals surface area contributed by atoms with Gasteiger partial charge in [0.25, 0.3) is 0 Å². The molecule has 0 aliphatic heterocycles. The van der Waals surface area contributed by atoms with Gasteiger partial charge in [0.1, 0.15) is 16.2 Å². The molecule has 0 aromatic carbocycles. The van der Waals surface area contributed by atoms with Crippen molar-refractivity contribution in [3.63, 3.8) is 0 Å². The summed E-state index contributed by atoms with van der Waals surface area (Å²) in [6.07, 6.45) is 1.06. The number of carbonyl (C=O) groups excluding carboxylic acids is 1. The van der Waals surface area contributed by atoms with Crippen LogP contribution >= 0.6 is 11.3 Å². The first kappa shape index (κ1) is 9.85. The number of hydrogen-bond acceptors (Lipinski definition) is 5. The van der Waals surface area contributed by atoms with Gasteiger partial charge in [-0.25, -0.2) is 9.18 Å². The number of anilines is 1. The highest BCUT2D eigenvalue weighted by atomic mass is 32.1. The molecule has 0 unspecified atom stereocenters. The van der Waals surface area contributed by atoms with E-state index >= 15 is 0 Å². The molecule has 0 saturated heterocycles. The fourth-order valence-electron chi connectivity index (χ4n) is 1.22. The molecular formula is C9H7FN2O2S. The van der Waals surface area contributed by atoms with Crippen LogP contribution in [0.2, 0.25) is 0 Å². The summed E-state index contributed by atoms with van der Waals surface area (Å²) in [7, 11) is 1.26. The molecule has 15 heavy (non-hydrogen) atoms. The van der Waals surface area contributed by atoms with Crippen molar-refractivity contribution in [3.8, 4) is 0 Å². The molecule has 0 aliphatic rings. The number of esters is 1. The smallest absolute Gasteiger partial charge is 0.350 e. The van der Waals surface area contributed by atoms with Gasteiger partial charge in [-0.05, 0) is 6.07 Å². The number of nitrogens with zero attached hydrogens (tertiary/aromatic N) is 1. The van der Waals surface area contributed by atoms with Crippen molar-refractivity contribution in [1.29, 1.82) is 0 Å². The lowest BCUT2D eigenvalue weighted by molar-refractivity contribution is 0.0607. The number of methoxy groups -OCH3 is 1. The third kappa shape index (κ3) is 1.52. The molecular weight excluding hydrogens is 219 g/mol. The summed E-state index contributed by atoms with van der Waals surface area (Å²) in [6.45, 7) is 0. The quantitative estimate of drug-likeness (QED) is 0.753. The van der Waals surface area contributed by atoms with Gasteiger partial charge in [-0.1, -0.05) is 0 Å². The summed E-state index contributed by atoms with van der Waals surface area (Å²) in [5, 5.41) is 0. The van der Waals surface area contributed by atoms with Crippen LogP contribution in [0.15, 0.2) is 12.3 Å². The van der Waals surface area contributed by atoms with Crippen molar-refractivity contribution >= 4 is 33.2 Å². The van der Waals surface area contributed by atoms with Crippen LogP contribution in [-0.4, -0.2) is 18.1 Å². The van der Waals surface area contributed by atoms with Crippen LogP contribution in [0, 0.1) is 5.82 Å². The first-order valence-electron chi connectivity index (χ1n) is 4.05. The summed E-state index contributed by atoms with van der Waals surface area (Å²) in [5.74, 6) is -0.990. The maximum Gasteiger partial charge on any atom is 0.350 e. The van der Waals surface area contributed by atoms with Crippen LogP contribution in [0.1, 0.15) is 9.67 Å². The standard InChI is InChI=1S/C9H7FN2O2S/c1-14-9(13)8-6(11)7-5(15-8)2-4(10)3-12-7/h2-3H,11H2,1H3. The van der Waals surface area contributed by atoms with Crippen molar-refractivity contribution in [2.24, 2.45) is 0 Å². The van der Waals surface area contributed by atoms with Gasteiger partial charge in [0, 0.05) is 0 Å². The zero-order valence-electron chi connectivity index (χ0n) is 7.78. The molecule has 0 saturated carbocycles. The number of halogens is 1. The van der Waals surface area contributed by atoms with Gasteiger partial charge in [0.2, 0.25) is 0 Å². The molecule has 2 rings (SSSR count). The Bertz CT molecular complexity index is 538. The van der Waals surface area contributed by atoms with Crippen LogP contribution in [0.25, 0.3) is 10.2 Å². The van der Waals surface area contributed by atoms with E-state index < -0.39 is 11.8 Å². The Balaban J connectivity index is 2.69. The summed E-state index contributed by atoms with van der Waals surface area (Å²) >= 11 is 1.07. The Kier molecular flexibility index (Phi) is 2.28. The highest BCUT2D eigenvalue weighted by Crippen LogP contribution is 2.32. The first-order valence-corrected chi connectivity index (χ1v) is 4.87. The van der Waals surface area contributed by atoms with E-state index in [0.717, 1.165) is 17.5 Å². The third-order valence-corrected chi connectivity index (χ3v) is 3.02. The maximum atomic E-state index is 12.8. The average molecular weight is 226 g/mol. The molecule has 0 bridgehead atoms. The van der Waals surface area contributed by atoms with Crippen LogP contribution in [0.4, 0.5) is 10.1 Å². The zero-order chi connectivity index (χ0) is 11.0. The molecule has 0 fully saturated rings.